The van der Waals surface area contributed by atoms with E-state index in [-0.39, 0.29) is 16.5 Å². The van der Waals surface area contributed by atoms with Gasteiger partial charge in [-0.25, -0.2) is 14.3 Å². The van der Waals surface area contributed by atoms with Crippen LogP contribution < -0.4 is 20.3 Å². The smallest absolute Gasteiger partial charge is 0.491 e. The molecule has 0 bridgehead atoms. The topological polar surface area (TPSA) is 79.4 Å². The minimum Gasteiger partial charge on any atom is -0.495 e. The van der Waals surface area contributed by atoms with Crippen molar-refractivity contribution in [3.8, 4) is 5.75 Å². The summed E-state index contributed by atoms with van der Waals surface area (Å²) in [5.41, 5.74) is -1.15. The number of nitrogens with one attached hydrogen (secondary N) is 2. The van der Waals surface area contributed by atoms with Gasteiger partial charge in [-0.3, -0.25) is 4.79 Å². The van der Waals surface area contributed by atoms with Crippen molar-refractivity contribution in [1.29, 1.82) is 0 Å². The maximum atomic E-state index is 14.3. The number of rotatable bonds is 5. The van der Waals surface area contributed by atoms with Crippen LogP contribution in [0.25, 0.3) is 0 Å². The number of hydrogen-bond donors (Lipinski definition) is 2. The lowest BCUT2D eigenvalue weighted by Crippen LogP contribution is -2.35. The molecule has 0 unspecified atom stereocenters. The molecule has 140 valence electrons. The Bertz CT molecular complexity index is 813. The first-order valence-corrected chi connectivity index (χ1v) is 7.20. The van der Waals surface area contributed by atoms with E-state index in [2.05, 4.69) is 20.6 Å². The first kappa shape index (κ1) is 19.2. The highest BCUT2D eigenvalue weighted by Crippen LogP contribution is 2.41. The third-order valence-electron chi connectivity index (χ3n) is 3.33. The molecule has 0 atom stereocenters. The maximum absolute atomic E-state index is 14.3. The minimum atomic E-state index is -4.99. The summed E-state index contributed by atoms with van der Waals surface area (Å²) >= 11 is 0. The Hall–Kier alpha value is -3.11. The average Bonchev–Trinajstić information content (AvgIpc) is 2.60. The van der Waals surface area contributed by atoms with Crippen molar-refractivity contribution in [3.05, 3.63) is 35.8 Å². The Morgan fingerprint density at radius 3 is 2.50 bits per heavy atom. The van der Waals surface area contributed by atoms with E-state index in [1.165, 1.54) is 20.2 Å². The van der Waals surface area contributed by atoms with Crippen LogP contribution in [0.15, 0.2) is 24.4 Å². The highest BCUT2D eigenvalue weighted by molar-refractivity contribution is 5.95. The van der Waals surface area contributed by atoms with Crippen molar-refractivity contribution in [3.63, 3.8) is 0 Å². The number of hydrogen-bond acceptors (Lipinski definition) is 6. The van der Waals surface area contributed by atoms with Gasteiger partial charge in [0.2, 0.25) is 5.95 Å². The van der Waals surface area contributed by atoms with Gasteiger partial charge in [0.15, 0.2) is 0 Å². The molecule has 1 aromatic carbocycles. The molecule has 2 aromatic rings. The normalized spacial score (nSPS) is 11.0. The van der Waals surface area contributed by atoms with Crippen LogP contribution in [0.3, 0.4) is 0 Å². The number of methoxy groups -OCH3 is 1. The van der Waals surface area contributed by atoms with E-state index in [0.29, 0.717) is 6.07 Å². The molecule has 1 amide bonds. The van der Waals surface area contributed by atoms with Crippen molar-refractivity contribution < 1.29 is 27.1 Å². The third-order valence-corrected chi connectivity index (χ3v) is 3.33. The second-order valence-electron chi connectivity index (χ2n) is 4.88. The molecule has 0 radical (unpaired) electrons. The van der Waals surface area contributed by atoms with Crippen LogP contribution in [0.2, 0.25) is 0 Å². The first-order chi connectivity index (χ1) is 12.2. The fourth-order valence-corrected chi connectivity index (χ4v) is 2.14. The summed E-state index contributed by atoms with van der Waals surface area (Å²) in [5, 5.41) is 4.79. The molecule has 0 fully saturated rings. The number of amides is 1. The molecule has 1 aromatic heterocycles. The lowest BCUT2D eigenvalue weighted by atomic mass is 10.1. The van der Waals surface area contributed by atoms with Gasteiger partial charge in [0.25, 0.3) is 5.91 Å². The Balaban J connectivity index is 2.69. The highest BCUT2D eigenvalue weighted by atomic mass is 19.4. The standard InChI is InChI=1S/C15H15F4N5O2/c1-20-12-4-5-22-14(23-12)24(15(17,18)19)10-7-9(16)8(13(25)21-2)6-11(10)26-3/h4-7H,1-3H3,(H,21,25)(H,20,22,23). The summed E-state index contributed by atoms with van der Waals surface area (Å²) in [5.74, 6) is -2.94. The highest BCUT2D eigenvalue weighted by Gasteiger charge is 2.43. The number of alkyl halides is 3. The average molecular weight is 373 g/mol. The molecule has 11 heteroatoms. The van der Waals surface area contributed by atoms with Crippen molar-refractivity contribution >= 4 is 23.4 Å². The molecule has 0 aliphatic carbocycles. The molecule has 2 N–H and O–H groups in total. The van der Waals surface area contributed by atoms with Gasteiger partial charge in [-0.15, -0.1) is 13.2 Å². The quantitative estimate of drug-likeness (QED) is 0.620. The summed E-state index contributed by atoms with van der Waals surface area (Å²) in [7, 11) is 3.84. The lowest BCUT2D eigenvalue weighted by Gasteiger charge is -2.27. The van der Waals surface area contributed by atoms with E-state index >= 15 is 0 Å². The SMILES string of the molecule is CNC(=O)c1cc(OC)c(N(c2nccc(NC)n2)C(F)(F)F)cc1F. The molecule has 1 heterocycles. The molecule has 26 heavy (non-hydrogen) atoms. The second-order valence-corrected chi connectivity index (χ2v) is 4.88. The number of halogens is 4. The van der Waals surface area contributed by atoms with Crippen LogP contribution in [-0.2, 0) is 0 Å². The zero-order valence-electron chi connectivity index (χ0n) is 14.0. The maximum Gasteiger partial charge on any atom is 0.491 e. The zero-order chi connectivity index (χ0) is 19.5. The number of aromatic nitrogens is 2. The number of carbonyl (C=O) groups is 1. The number of nitrogens with zero attached hydrogens (tertiary/aromatic N) is 3. The molecule has 0 saturated carbocycles. The second kappa shape index (κ2) is 7.42. The van der Waals surface area contributed by atoms with Gasteiger partial charge in [-0.1, -0.05) is 0 Å². The fourth-order valence-electron chi connectivity index (χ4n) is 2.14. The first-order valence-electron chi connectivity index (χ1n) is 7.20. The fraction of sp³-hybridized carbons (Fsp3) is 0.267. The van der Waals surface area contributed by atoms with Gasteiger partial charge in [-0.05, 0) is 12.1 Å². The zero-order valence-corrected chi connectivity index (χ0v) is 14.0. The Morgan fingerprint density at radius 1 is 1.27 bits per heavy atom. The van der Waals surface area contributed by atoms with Gasteiger partial charge in [0.05, 0.1) is 18.4 Å². The minimum absolute atomic E-state index is 0.130. The molecular formula is C15H15F4N5O2. The monoisotopic (exact) mass is 373 g/mol. The van der Waals surface area contributed by atoms with Gasteiger partial charge >= 0.3 is 6.30 Å². The third kappa shape index (κ3) is 3.76. The van der Waals surface area contributed by atoms with E-state index in [1.54, 1.807) is 0 Å². The van der Waals surface area contributed by atoms with Gasteiger partial charge in [-0.2, -0.15) is 4.98 Å². The molecule has 0 aliphatic rings. The summed E-state index contributed by atoms with van der Waals surface area (Å²) in [6, 6.07) is 2.79. The van der Waals surface area contributed by atoms with Crippen LogP contribution in [-0.4, -0.2) is 43.4 Å². The predicted molar refractivity (Wildman–Crippen MR) is 86.1 cm³/mol. The van der Waals surface area contributed by atoms with Gasteiger partial charge < -0.3 is 15.4 Å². The predicted octanol–water partition coefficient (Wildman–Crippen LogP) is 2.68. The van der Waals surface area contributed by atoms with Crippen molar-refractivity contribution in [2.24, 2.45) is 0 Å². The number of benzene rings is 1. The Morgan fingerprint density at radius 2 is 1.96 bits per heavy atom. The summed E-state index contributed by atoms with van der Waals surface area (Å²) in [6.45, 7) is 0. The lowest BCUT2D eigenvalue weighted by molar-refractivity contribution is -0.121. The van der Waals surface area contributed by atoms with Crippen molar-refractivity contribution in [2.75, 3.05) is 31.4 Å². The van der Waals surface area contributed by atoms with Gasteiger partial charge in [0, 0.05) is 26.4 Å². The number of anilines is 3. The molecule has 2 rings (SSSR count). The summed E-state index contributed by atoms with van der Waals surface area (Å²) < 4.78 is 60.2. The van der Waals surface area contributed by atoms with Crippen molar-refractivity contribution in [1.82, 2.24) is 15.3 Å². The van der Waals surface area contributed by atoms with E-state index in [1.807, 2.05) is 0 Å². The van der Waals surface area contributed by atoms with Crippen LogP contribution in [0.4, 0.5) is 35.0 Å². The molecule has 0 aliphatic heterocycles. The number of ether oxygens (including phenoxy) is 1. The Labute approximate surface area is 146 Å². The van der Waals surface area contributed by atoms with Gasteiger partial charge in [0.1, 0.15) is 17.4 Å². The molecule has 0 spiro atoms. The summed E-state index contributed by atoms with van der Waals surface area (Å²) in [4.78, 5) is 18.8. The Kier molecular flexibility index (Phi) is 5.48. The van der Waals surface area contributed by atoms with Crippen LogP contribution in [0.1, 0.15) is 10.4 Å². The van der Waals surface area contributed by atoms with E-state index in [0.717, 1.165) is 19.4 Å². The number of carbonyl (C=O) groups excluding carboxylic acids is 1. The largest absolute Gasteiger partial charge is 0.495 e. The van der Waals surface area contributed by atoms with Crippen LogP contribution in [0, 0.1) is 5.82 Å². The van der Waals surface area contributed by atoms with E-state index in [4.69, 9.17) is 4.74 Å². The van der Waals surface area contributed by atoms with E-state index in [9.17, 15) is 22.4 Å². The van der Waals surface area contributed by atoms with Crippen LogP contribution in [0.5, 0.6) is 5.75 Å². The molecule has 0 saturated heterocycles. The van der Waals surface area contributed by atoms with E-state index < -0.39 is 35.2 Å². The molecular weight excluding hydrogens is 358 g/mol. The van der Waals surface area contributed by atoms with Crippen LogP contribution >= 0.6 is 0 Å². The van der Waals surface area contributed by atoms with Crippen molar-refractivity contribution in [2.45, 2.75) is 6.30 Å². The molecule has 7 nitrogen and oxygen atoms in total. The summed E-state index contributed by atoms with van der Waals surface area (Å²) in [6.07, 6.45) is -3.87.